The van der Waals surface area contributed by atoms with Gasteiger partial charge in [-0.15, -0.1) is 0 Å². The second kappa shape index (κ2) is 6.11. The second-order valence-electron chi connectivity index (χ2n) is 3.24. The van der Waals surface area contributed by atoms with E-state index in [-0.39, 0.29) is 0 Å². The van der Waals surface area contributed by atoms with Crippen molar-refractivity contribution >= 4 is 25.8 Å². The maximum Gasteiger partial charge on any atom is 0.360 e. The van der Waals surface area contributed by atoms with E-state index in [0.29, 0.717) is 10.6 Å². The summed E-state index contributed by atoms with van der Waals surface area (Å²) in [6.07, 6.45) is 0. The van der Waals surface area contributed by atoms with Crippen LogP contribution in [0.4, 0.5) is 0 Å². The van der Waals surface area contributed by atoms with Crippen LogP contribution in [0.25, 0.3) is 0 Å². The summed E-state index contributed by atoms with van der Waals surface area (Å²) < 4.78 is 43.6. The molecule has 0 aromatic heterocycles. The van der Waals surface area contributed by atoms with Crippen molar-refractivity contribution in [2.45, 2.75) is 0 Å². The van der Waals surface area contributed by atoms with Gasteiger partial charge in [0.25, 0.3) is 0 Å². The van der Waals surface area contributed by atoms with E-state index < -0.39 is 15.2 Å². The van der Waals surface area contributed by atoms with Gasteiger partial charge in [-0.25, -0.2) is 0 Å². The van der Waals surface area contributed by atoms with Crippen molar-refractivity contribution in [2.24, 2.45) is 0 Å². The van der Waals surface area contributed by atoms with E-state index in [9.17, 15) is 9.13 Å². The Bertz CT molecular complexity index is 423. The fourth-order valence-electron chi connectivity index (χ4n) is 1.39. The minimum Gasteiger partial charge on any atom is -0.309 e. The zero-order chi connectivity index (χ0) is 13.8. The monoisotopic (exact) mass is 294 g/mol. The minimum atomic E-state index is -3.29. The van der Waals surface area contributed by atoms with Crippen LogP contribution in [0.15, 0.2) is 24.3 Å². The molecule has 0 fully saturated rings. The highest BCUT2D eigenvalue weighted by Crippen LogP contribution is 2.47. The molecule has 0 atom stereocenters. The van der Waals surface area contributed by atoms with Gasteiger partial charge in [-0.3, -0.25) is 9.13 Å². The van der Waals surface area contributed by atoms with Crippen molar-refractivity contribution in [2.75, 3.05) is 28.4 Å². The van der Waals surface area contributed by atoms with E-state index in [1.807, 2.05) is 0 Å². The molecule has 0 saturated heterocycles. The predicted molar refractivity (Wildman–Crippen MR) is 69.0 cm³/mol. The molecule has 0 aliphatic carbocycles. The number of hydrogen-bond donors (Lipinski definition) is 0. The Morgan fingerprint density at radius 2 is 0.889 bits per heavy atom. The summed E-state index contributed by atoms with van der Waals surface area (Å²) in [6, 6.07) is 6.03. The molecular weight excluding hydrogens is 278 g/mol. The van der Waals surface area contributed by atoms with Gasteiger partial charge < -0.3 is 18.1 Å². The van der Waals surface area contributed by atoms with Crippen molar-refractivity contribution < 1.29 is 27.2 Å². The zero-order valence-electron chi connectivity index (χ0n) is 10.7. The molecule has 0 spiro atoms. The highest BCUT2D eigenvalue weighted by atomic mass is 31.2. The maximum atomic E-state index is 12.1. The van der Waals surface area contributed by atoms with Crippen LogP contribution in [0.2, 0.25) is 0 Å². The first kappa shape index (κ1) is 15.6. The van der Waals surface area contributed by atoms with Crippen LogP contribution in [-0.4, -0.2) is 28.4 Å². The molecule has 0 aliphatic rings. The quantitative estimate of drug-likeness (QED) is 0.746. The zero-order valence-corrected chi connectivity index (χ0v) is 12.4. The number of rotatable bonds is 6. The van der Waals surface area contributed by atoms with Crippen LogP contribution in [0.5, 0.6) is 0 Å². The fraction of sp³-hybridized carbons (Fsp3) is 0.400. The molecule has 1 rings (SSSR count). The highest BCUT2D eigenvalue weighted by molar-refractivity contribution is 7.63. The first-order valence-corrected chi connectivity index (χ1v) is 8.08. The molecule has 1 aromatic carbocycles. The SMILES string of the molecule is COP(=O)(OC)c1ccc(P(=O)(OC)OC)cc1. The van der Waals surface area contributed by atoms with E-state index in [4.69, 9.17) is 18.1 Å². The first-order chi connectivity index (χ1) is 8.45. The van der Waals surface area contributed by atoms with Crippen molar-refractivity contribution in [3.05, 3.63) is 24.3 Å². The van der Waals surface area contributed by atoms with Crippen molar-refractivity contribution in [3.63, 3.8) is 0 Å². The van der Waals surface area contributed by atoms with Gasteiger partial charge in [0.15, 0.2) is 0 Å². The van der Waals surface area contributed by atoms with Crippen LogP contribution in [-0.2, 0) is 27.2 Å². The largest absolute Gasteiger partial charge is 0.360 e. The Morgan fingerprint density at radius 1 is 0.667 bits per heavy atom. The molecule has 0 radical (unpaired) electrons. The van der Waals surface area contributed by atoms with Gasteiger partial charge in [0.1, 0.15) is 0 Å². The number of benzene rings is 1. The first-order valence-electron chi connectivity index (χ1n) is 5.00. The van der Waals surface area contributed by atoms with Crippen molar-refractivity contribution in [1.82, 2.24) is 0 Å². The summed E-state index contributed by atoms with van der Waals surface area (Å²) in [5.41, 5.74) is 0. The van der Waals surface area contributed by atoms with E-state index >= 15 is 0 Å². The minimum absolute atomic E-state index is 0.370. The average molecular weight is 294 g/mol. The Labute approximate surface area is 106 Å². The normalized spacial score (nSPS) is 12.7. The molecule has 0 amide bonds. The van der Waals surface area contributed by atoms with E-state index in [2.05, 4.69) is 0 Å². The molecule has 0 N–H and O–H groups in total. The summed E-state index contributed by atoms with van der Waals surface area (Å²) in [6.45, 7) is 0. The van der Waals surface area contributed by atoms with Gasteiger partial charge in [0, 0.05) is 28.4 Å². The summed E-state index contributed by atoms with van der Waals surface area (Å²) in [4.78, 5) is 0. The third-order valence-corrected chi connectivity index (χ3v) is 6.23. The van der Waals surface area contributed by atoms with Gasteiger partial charge in [-0.2, -0.15) is 0 Å². The third-order valence-electron chi connectivity index (χ3n) is 2.44. The van der Waals surface area contributed by atoms with Crippen LogP contribution in [0.3, 0.4) is 0 Å². The highest BCUT2D eigenvalue weighted by Gasteiger charge is 2.28. The van der Waals surface area contributed by atoms with E-state index in [1.54, 1.807) is 0 Å². The lowest BCUT2D eigenvalue weighted by Gasteiger charge is -2.16. The predicted octanol–water partition coefficient (Wildman–Crippen LogP) is 1.91. The van der Waals surface area contributed by atoms with Gasteiger partial charge in [-0.1, -0.05) is 0 Å². The molecule has 8 heteroatoms. The van der Waals surface area contributed by atoms with Gasteiger partial charge in [-0.05, 0) is 24.3 Å². The van der Waals surface area contributed by atoms with Gasteiger partial charge in [0.2, 0.25) is 0 Å². The molecule has 0 saturated carbocycles. The Hall–Kier alpha value is -0.480. The maximum absolute atomic E-state index is 12.1. The smallest absolute Gasteiger partial charge is 0.309 e. The van der Waals surface area contributed by atoms with Gasteiger partial charge >= 0.3 is 15.2 Å². The lowest BCUT2D eigenvalue weighted by molar-refractivity contribution is 0.286. The van der Waals surface area contributed by atoms with Crippen molar-refractivity contribution in [1.29, 1.82) is 0 Å². The average Bonchev–Trinajstić information content (AvgIpc) is 2.45. The third kappa shape index (κ3) is 2.91. The van der Waals surface area contributed by atoms with Crippen molar-refractivity contribution in [3.8, 4) is 0 Å². The number of hydrogen-bond acceptors (Lipinski definition) is 6. The van der Waals surface area contributed by atoms with Crippen LogP contribution < -0.4 is 10.6 Å². The summed E-state index contributed by atoms with van der Waals surface area (Å²) >= 11 is 0. The van der Waals surface area contributed by atoms with Crippen LogP contribution in [0.1, 0.15) is 0 Å². The lowest BCUT2D eigenvalue weighted by atomic mass is 10.4. The standard InChI is InChI=1S/C10H16O6P2/c1-13-17(11,14-2)9-5-7-10(8-6-9)18(12,15-3)16-4/h5-8H,1-4H3. The molecule has 6 nitrogen and oxygen atoms in total. The molecule has 0 aliphatic heterocycles. The fourth-order valence-corrected chi connectivity index (χ4v) is 3.56. The second-order valence-corrected chi connectivity index (χ2v) is 7.72. The Kier molecular flexibility index (Phi) is 5.29. The van der Waals surface area contributed by atoms with E-state index in [1.165, 1.54) is 52.7 Å². The molecule has 0 bridgehead atoms. The summed E-state index contributed by atoms with van der Waals surface area (Å²) in [7, 11) is -1.39. The van der Waals surface area contributed by atoms with Crippen LogP contribution in [0, 0.1) is 0 Å². The Balaban J connectivity index is 3.15. The topological polar surface area (TPSA) is 71.1 Å². The lowest BCUT2D eigenvalue weighted by Crippen LogP contribution is -2.13. The molecule has 0 unspecified atom stereocenters. The molecule has 18 heavy (non-hydrogen) atoms. The van der Waals surface area contributed by atoms with Crippen LogP contribution >= 0.6 is 15.2 Å². The molecule has 1 aromatic rings. The molecule has 0 heterocycles. The molecular formula is C10H16O6P2. The Morgan fingerprint density at radius 3 is 1.06 bits per heavy atom. The van der Waals surface area contributed by atoms with E-state index in [0.717, 1.165) is 0 Å². The molecule has 102 valence electrons. The summed E-state index contributed by atoms with van der Waals surface area (Å²) in [5, 5.41) is 0.741. The summed E-state index contributed by atoms with van der Waals surface area (Å²) in [5.74, 6) is 0. The van der Waals surface area contributed by atoms with Gasteiger partial charge in [0.05, 0.1) is 10.6 Å².